The Hall–Kier alpha value is -0.910. The van der Waals surface area contributed by atoms with Crippen LogP contribution in [0, 0.1) is 0 Å². The molecule has 146 valence electrons. The molecular formula is C19H26BrCl2NO3. The van der Waals surface area contributed by atoms with Gasteiger partial charge in [0, 0.05) is 0 Å². The molecule has 0 aromatic heterocycles. The predicted molar refractivity (Wildman–Crippen MR) is 113 cm³/mol. The third-order valence-corrected chi connectivity index (χ3v) is 4.12. The van der Waals surface area contributed by atoms with Gasteiger partial charge in [-0.2, -0.15) is 0 Å². The lowest BCUT2D eigenvalue weighted by molar-refractivity contribution is 0.135. The van der Waals surface area contributed by atoms with E-state index in [-0.39, 0.29) is 4.49 Å². The van der Waals surface area contributed by atoms with Crippen molar-refractivity contribution in [3.05, 3.63) is 32.7 Å². The maximum atomic E-state index is 6.00. The van der Waals surface area contributed by atoms with Crippen molar-refractivity contribution in [3.8, 4) is 11.5 Å². The quantitative estimate of drug-likeness (QED) is 0.196. The molecule has 0 bridgehead atoms. The number of hydrogen-bond acceptors (Lipinski definition) is 4. The van der Waals surface area contributed by atoms with E-state index >= 15 is 0 Å². The van der Waals surface area contributed by atoms with Gasteiger partial charge in [-0.25, -0.2) is 0 Å². The second-order valence-corrected chi connectivity index (χ2v) is 7.74. The molecule has 0 unspecified atom stereocenters. The Kier molecular flexibility index (Phi) is 11.8. The Morgan fingerprint density at radius 1 is 1.15 bits per heavy atom. The molecule has 0 fully saturated rings. The first-order chi connectivity index (χ1) is 12.4. The summed E-state index contributed by atoms with van der Waals surface area (Å²) in [5.41, 5.74) is 2.03. The Morgan fingerprint density at radius 2 is 1.88 bits per heavy atom. The molecule has 0 aliphatic heterocycles. The fraction of sp³-hybridized carbons (Fsp3) is 0.526. The monoisotopic (exact) mass is 465 g/mol. The third kappa shape index (κ3) is 9.70. The molecule has 0 spiro atoms. The first kappa shape index (κ1) is 23.1. The number of oxime groups is 1. The van der Waals surface area contributed by atoms with Crippen LogP contribution in [0.25, 0.3) is 0 Å². The minimum Gasteiger partial charge on any atom is -0.492 e. The van der Waals surface area contributed by atoms with Crippen LogP contribution in [0.4, 0.5) is 0 Å². The van der Waals surface area contributed by atoms with Crippen LogP contribution < -0.4 is 9.47 Å². The zero-order valence-corrected chi connectivity index (χ0v) is 18.6. The van der Waals surface area contributed by atoms with Crippen molar-refractivity contribution < 1.29 is 14.3 Å². The minimum absolute atomic E-state index is 0.196. The fourth-order valence-electron chi connectivity index (χ4n) is 2.14. The SMILES string of the molecule is CCCc1cc(OCC=C(Cl)Cl)cc(Br)c1OCCCCON=C(C)C. The third-order valence-electron chi connectivity index (χ3n) is 3.22. The van der Waals surface area contributed by atoms with Crippen LogP contribution in [0.5, 0.6) is 11.5 Å². The van der Waals surface area contributed by atoms with E-state index in [4.69, 9.17) is 37.5 Å². The van der Waals surface area contributed by atoms with Crippen LogP contribution in [0.15, 0.2) is 32.3 Å². The Labute approximate surface area is 174 Å². The highest BCUT2D eigenvalue weighted by Crippen LogP contribution is 2.35. The molecule has 1 aromatic carbocycles. The summed E-state index contributed by atoms with van der Waals surface area (Å²) in [6.07, 6.45) is 5.32. The van der Waals surface area contributed by atoms with Crippen LogP contribution in [0.1, 0.15) is 45.6 Å². The molecule has 0 saturated carbocycles. The number of benzene rings is 1. The average Bonchev–Trinajstić information content (AvgIpc) is 2.55. The first-order valence-corrected chi connectivity index (χ1v) is 10.2. The van der Waals surface area contributed by atoms with Gasteiger partial charge < -0.3 is 14.3 Å². The maximum absolute atomic E-state index is 6.00. The number of aryl methyl sites for hydroxylation is 1. The summed E-state index contributed by atoms with van der Waals surface area (Å²) in [5, 5.41) is 3.91. The van der Waals surface area contributed by atoms with Gasteiger partial charge in [-0.05, 0) is 72.8 Å². The number of unbranched alkanes of at least 4 members (excludes halogenated alkanes) is 1. The van der Waals surface area contributed by atoms with E-state index in [0.717, 1.165) is 52.9 Å². The number of rotatable bonds is 12. The summed E-state index contributed by atoms with van der Waals surface area (Å²) in [6.45, 7) is 7.49. The molecule has 0 atom stereocenters. The molecule has 0 saturated heterocycles. The molecule has 0 radical (unpaired) electrons. The average molecular weight is 467 g/mol. The Balaban J connectivity index is 2.60. The van der Waals surface area contributed by atoms with Gasteiger partial charge in [0.2, 0.25) is 0 Å². The summed E-state index contributed by atoms with van der Waals surface area (Å²) in [7, 11) is 0. The summed E-state index contributed by atoms with van der Waals surface area (Å²) < 4.78 is 12.7. The van der Waals surface area contributed by atoms with E-state index in [9.17, 15) is 0 Å². The van der Waals surface area contributed by atoms with Gasteiger partial charge >= 0.3 is 0 Å². The van der Waals surface area contributed by atoms with Crippen molar-refractivity contribution in [2.75, 3.05) is 19.8 Å². The lowest BCUT2D eigenvalue weighted by Gasteiger charge is -2.15. The van der Waals surface area contributed by atoms with Crippen LogP contribution in [-0.2, 0) is 11.3 Å². The van der Waals surface area contributed by atoms with Crippen molar-refractivity contribution in [3.63, 3.8) is 0 Å². The molecular weight excluding hydrogens is 441 g/mol. The zero-order valence-electron chi connectivity index (χ0n) is 15.5. The second-order valence-electron chi connectivity index (χ2n) is 5.88. The summed E-state index contributed by atoms with van der Waals surface area (Å²) in [5.74, 6) is 1.62. The van der Waals surface area contributed by atoms with Crippen molar-refractivity contribution in [1.82, 2.24) is 0 Å². The number of halogens is 3. The molecule has 0 heterocycles. The molecule has 1 rings (SSSR count). The molecule has 4 nitrogen and oxygen atoms in total. The van der Waals surface area contributed by atoms with E-state index < -0.39 is 0 Å². The molecule has 0 aliphatic carbocycles. The van der Waals surface area contributed by atoms with Crippen LogP contribution in [0.3, 0.4) is 0 Å². The van der Waals surface area contributed by atoms with Gasteiger partial charge in [0.15, 0.2) is 0 Å². The van der Waals surface area contributed by atoms with E-state index in [1.807, 2.05) is 26.0 Å². The zero-order chi connectivity index (χ0) is 19.4. The van der Waals surface area contributed by atoms with E-state index in [0.29, 0.717) is 19.8 Å². The van der Waals surface area contributed by atoms with Crippen molar-refractivity contribution in [2.45, 2.75) is 46.5 Å². The standard InChI is InChI=1S/C19H26BrCl2NO3/c1-4-7-15-12-16(24-11-8-18(21)22)13-17(20)19(15)25-9-5-6-10-26-23-14(2)3/h8,12-13H,4-7,9-11H2,1-3H3. The smallest absolute Gasteiger partial charge is 0.136 e. The molecule has 1 aromatic rings. The molecule has 0 aliphatic rings. The number of hydrogen-bond donors (Lipinski definition) is 0. The first-order valence-electron chi connectivity index (χ1n) is 8.66. The van der Waals surface area contributed by atoms with Gasteiger partial charge in [0.25, 0.3) is 0 Å². The highest BCUT2D eigenvalue weighted by molar-refractivity contribution is 9.10. The largest absolute Gasteiger partial charge is 0.492 e. The summed E-state index contributed by atoms with van der Waals surface area (Å²) in [6, 6.07) is 3.90. The number of ether oxygens (including phenoxy) is 2. The van der Waals surface area contributed by atoms with E-state index in [1.54, 1.807) is 6.08 Å². The molecule has 0 N–H and O–H groups in total. The van der Waals surface area contributed by atoms with Crippen LogP contribution in [-0.4, -0.2) is 25.5 Å². The highest BCUT2D eigenvalue weighted by Gasteiger charge is 2.11. The lowest BCUT2D eigenvalue weighted by atomic mass is 10.1. The van der Waals surface area contributed by atoms with Crippen LogP contribution >= 0.6 is 39.1 Å². The summed E-state index contributed by atoms with van der Waals surface area (Å²) >= 11 is 14.8. The van der Waals surface area contributed by atoms with E-state index in [2.05, 4.69) is 28.0 Å². The van der Waals surface area contributed by atoms with Crippen molar-refractivity contribution in [1.29, 1.82) is 0 Å². The normalized spacial score (nSPS) is 10.2. The second kappa shape index (κ2) is 13.3. The van der Waals surface area contributed by atoms with Crippen molar-refractivity contribution in [2.24, 2.45) is 5.16 Å². The van der Waals surface area contributed by atoms with Gasteiger partial charge in [-0.3, -0.25) is 0 Å². The van der Waals surface area contributed by atoms with E-state index in [1.165, 1.54) is 0 Å². The lowest BCUT2D eigenvalue weighted by Crippen LogP contribution is -2.04. The minimum atomic E-state index is 0.196. The van der Waals surface area contributed by atoms with Crippen molar-refractivity contribution >= 4 is 44.8 Å². The molecule has 7 heteroatoms. The van der Waals surface area contributed by atoms with Crippen LogP contribution in [0.2, 0.25) is 0 Å². The topological polar surface area (TPSA) is 40.0 Å². The molecule has 26 heavy (non-hydrogen) atoms. The maximum Gasteiger partial charge on any atom is 0.136 e. The Morgan fingerprint density at radius 3 is 2.54 bits per heavy atom. The van der Waals surface area contributed by atoms with Gasteiger partial charge in [0.05, 0.1) is 16.8 Å². The highest BCUT2D eigenvalue weighted by atomic mass is 79.9. The molecule has 0 amide bonds. The fourth-order valence-corrected chi connectivity index (χ4v) is 2.86. The van der Waals surface area contributed by atoms with Gasteiger partial charge in [0.1, 0.15) is 29.2 Å². The van der Waals surface area contributed by atoms with Gasteiger partial charge in [-0.1, -0.05) is 41.7 Å². The summed E-state index contributed by atoms with van der Waals surface area (Å²) in [4.78, 5) is 5.19. The Bertz CT molecular complexity index is 613. The van der Waals surface area contributed by atoms with Gasteiger partial charge in [-0.15, -0.1) is 0 Å². The predicted octanol–water partition coefficient (Wildman–Crippen LogP) is 6.67. The number of nitrogens with zero attached hydrogens (tertiary/aromatic N) is 1.